The maximum atomic E-state index is 13.5. The predicted octanol–water partition coefficient (Wildman–Crippen LogP) is 5.07. The van der Waals surface area contributed by atoms with Crippen molar-refractivity contribution in [2.24, 2.45) is 0 Å². The molecule has 0 saturated carbocycles. The molecule has 0 saturated heterocycles. The quantitative estimate of drug-likeness (QED) is 0.341. The second-order valence-electron chi connectivity index (χ2n) is 8.10. The van der Waals surface area contributed by atoms with Gasteiger partial charge in [0.15, 0.2) is 17.3 Å². The maximum Gasteiger partial charge on any atom is 0.254 e. The molecular weight excluding hydrogens is 467 g/mol. The molecule has 5 rings (SSSR count). The van der Waals surface area contributed by atoms with E-state index in [4.69, 9.17) is 23.5 Å². The summed E-state index contributed by atoms with van der Waals surface area (Å²) in [4.78, 5) is 15.0. The standard InChI is InChI=1S/C27H23FN2O6/c1-32-21-8-10-23(33-2)22(13-21)25-12-20(29-36-25)15-30(27(31)18-4-6-19(28)7-5-18)14-17-3-9-24-26(11-17)35-16-34-24/h3-13H,14-16H2,1-2H3. The molecule has 0 atom stereocenters. The Morgan fingerprint density at radius 3 is 2.53 bits per heavy atom. The first-order valence-corrected chi connectivity index (χ1v) is 11.2. The van der Waals surface area contributed by atoms with Crippen molar-refractivity contribution in [3.05, 3.63) is 89.4 Å². The molecule has 4 aromatic rings. The van der Waals surface area contributed by atoms with E-state index >= 15 is 0 Å². The number of ether oxygens (including phenoxy) is 4. The fourth-order valence-corrected chi connectivity index (χ4v) is 3.95. The number of carbonyl (C=O) groups excluding carboxylic acids is 1. The van der Waals surface area contributed by atoms with Crippen molar-refractivity contribution in [2.45, 2.75) is 13.1 Å². The number of halogens is 1. The van der Waals surface area contributed by atoms with Crippen molar-refractivity contribution in [1.29, 1.82) is 0 Å². The predicted molar refractivity (Wildman–Crippen MR) is 128 cm³/mol. The Balaban J connectivity index is 1.44. The van der Waals surface area contributed by atoms with Crippen LogP contribution in [0.25, 0.3) is 11.3 Å². The van der Waals surface area contributed by atoms with Gasteiger partial charge in [-0.25, -0.2) is 4.39 Å². The van der Waals surface area contributed by atoms with Crippen molar-refractivity contribution in [2.75, 3.05) is 21.0 Å². The van der Waals surface area contributed by atoms with Gasteiger partial charge in [-0.3, -0.25) is 4.79 Å². The molecule has 0 spiro atoms. The van der Waals surface area contributed by atoms with Crippen molar-refractivity contribution in [3.8, 4) is 34.3 Å². The first-order chi connectivity index (χ1) is 17.5. The molecule has 36 heavy (non-hydrogen) atoms. The molecule has 0 radical (unpaired) electrons. The third-order valence-corrected chi connectivity index (χ3v) is 5.77. The Morgan fingerprint density at radius 1 is 0.944 bits per heavy atom. The second kappa shape index (κ2) is 9.99. The minimum absolute atomic E-state index is 0.153. The Morgan fingerprint density at radius 2 is 1.75 bits per heavy atom. The number of hydrogen-bond acceptors (Lipinski definition) is 7. The van der Waals surface area contributed by atoms with E-state index in [0.29, 0.717) is 45.6 Å². The molecule has 1 aliphatic rings. The van der Waals surface area contributed by atoms with Crippen LogP contribution in [0, 0.1) is 5.82 Å². The normalized spacial score (nSPS) is 11.9. The topological polar surface area (TPSA) is 83.3 Å². The second-order valence-corrected chi connectivity index (χ2v) is 8.10. The Bertz CT molecular complexity index is 1390. The molecule has 0 N–H and O–H groups in total. The Hall–Kier alpha value is -4.53. The van der Waals surface area contributed by atoms with Crippen LogP contribution in [0.2, 0.25) is 0 Å². The average molecular weight is 490 g/mol. The van der Waals surface area contributed by atoms with Crippen LogP contribution in [0.1, 0.15) is 21.6 Å². The fourth-order valence-electron chi connectivity index (χ4n) is 3.95. The van der Waals surface area contributed by atoms with Crippen LogP contribution in [0.5, 0.6) is 23.0 Å². The minimum atomic E-state index is -0.415. The number of rotatable bonds is 8. The Labute approximate surface area is 206 Å². The molecule has 9 heteroatoms. The minimum Gasteiger partial charge on any atom is -0.497 e. The van der Waals surface area contributed by atoms with Gasteiger partial charge in [0.1, 0.15) is 23.0 Å². The zero-order valence-electron chi connectivity index (χ0n) is 19.7. The lowest BCUT2D eigenvalue weighted by atomic mass is 10.1. The number of benzene rings is 3. The summed E-state index contributed by atoms with van der Waals surface area (Å²) in [6.45, 7) is 0.574. The highest BCUT2D eigenvalue weighted by atomic mass is 19.1. The van der Waals surface area contributed by atoms with E-state index in [1.807, 2.05) is 18.2 Å². The molecule has 8 nitrogen and oxygen atoms in total. The molecule has 0 unspecified atom stereocenters. The first kappa shape index (κ1) is 23.2. The molecule has 3 aromatic carbocycles. The number of fused-ring (bicyclic) bond motifs is 1. The SMILES string of the molecule is COc1ccc(OC)c(-c2cc(CN(Cc3ccc4c(c3)OCO4)C(=O)c3ccc(F)cc3)no2)c1. The molecule has 0 bridgehead atoms. The van der Waals surface area contributed by atoms with E-state index < -0.39 is 5.82 Å². The van der Waals surface area contributed by atoms with Gasteiger partial charge in [0.05, 0.1) is 26.3 Å². The van der Waals surface area contributed by atoms with E-state index in [1.165, 1.54) is 24.3 Å². The van der Waals surface area contributed by atoms with E-state index in [1.54, 1.807) is 43.4 Å². The van der Waals surface area contributed by atoms with Gasteiger partial charge in [-0.15, -0.1) is 0 Å². The van der Waals surface area contributed by atoms with Gasteiger partial charge in [-0.1, -0.05) is 11.2 Å². The summed E-state index contributed by atoms with van der Waals surface area (Å²) < 4.78 is 40.7. The number of carbonyl (C=O) groups is 1. The number of nitrogens with zero attached hydrogens (tertiary/aromatic N) is 2. The maximum absolute atomic E-state index is 13.5. The van der Waals surface area contributed by atoms with Gasteiger partial charge in [0, 0.05) is 18.2 Å². The van der Waals surface area contributed by atoms with E-state index in [9.17, 15) is 9.18 Å². The lowest BCUT2D eigenvalue weighted by Gasteiger charge is -2.22. The highest BCUT2D eigenvalue weighted by molar-refractivity contribution is 5.94. The molecule has 2 heterocycles. The summed E-state index contributed by atoms with van der Waals surface area (Å²) in [5.74, 6) is 2.29. The van der Waals surface area contributed by atoms with Crippen LogP contribution in [-0.4, -0.2) is 37.0 Å². The summed E-state index contributed by atoms with van der Waals surface area (Å²) in [6.07, 6.45) is 0. The van der Waals surface area contributed by atoms with Crippen LogP contribution >= 0.6 is 0 Å². The van der Waals surface area contributed by atoms with Crippen molar-refractivity contribution < 1.29 is 32.7 Å². The first-order valence-electron chi connectivity index (χ1n) is 11.2. The monoisotopic (exact) mass is 490 g/mol. The fraction of sp³-hybridized carbons (Fsp3) is 0.185. The van der Waals surface area contributed by atoms with Crippen LogP contribution in [0.4, 0.5) is 4.39 Å². The molecule has 0 aliphatic carbocycles. The van der Waals surface area contributed by atoms with Crippen molar-refractivity contribution in [3.63, 3.8) is 0 Å². The van der Waals surface area contributed by atoms with Gasteiger partial charge < -0.3 is 28.4 Å². The van der Waals surface area contributed by atoms with Crippen LogP contribution in [0.15, 0.2) is 71.3 Å². The third-order valence-electron chi connectivity index (χ3n) is 5.77. The molecule has 0 fully saturated rings. The Kier molecular flexibility index (Phi) is 6.44. The smallest absolute Gasteiger partial charge is 0.254 e. The van der Waals surface area contributed by atoms with E-state index in [2.05, 4.69) is 5.16 Å². The zero-order valence-corrected chi connectivity index (χ0v) is 19.7. The van der Waals surface area contributed by atoms with Gasteiger partial charge in [-0.2, -0.15) is 0 Å². The summed E-state index contributed by atoms with van der Waals surface area (Å²) in [7, 11) is 3.14. The molecule has 1 aliphatic heterocycles. The van der Waals surface area contributed by atoms with Crippen molar-refractivity contribution in [1.82, 2.24) is 10.1 Å². The lowest BCUT2D eigenvalue weighted by molar-refractivity contribution is 0.0726. The van der Waals surface area contributed by atoms with Gasteiger partial charge in [0.25, 0.3) is 5.91 Å². The number of hydrogen-bond donors (Lipinski definition) is 0. The number of amides is 1. The molecule has 184 valence electrons. The number of aromatic nitrogens is 1. The van der Waals surface area contributed by atoms with Gasteiger partial charge in [-0.05, 0) is 60.2 Å². The number of methoxy groups -OCH3 is 2. The van der Waals surface area contributed by atoms with E-state index in [-0.39, 0.29) is 25.8 Å². The average Bonchev–Trinajstić information content (AvgIpc) is 3.57. The van der Waals surface area contributed by atoms with Crippen LogP contribution < -0.4 is 18.9 Å². The molecule has 1 amide bonds. The summed E-state index contributed by atoms with van der Waals surface area (Å²) >= 11 is 0. The van der Waals surface area contributed by atoms with Crippen LogP contribution in [0.3, 0.4) is 0 Å². The highest BCUT2D eigenvalue weighted by Crippen LogP contribution is 2.35. The summed E-state index contributed by atoms with van der Waals surface area (Å²) in [5.41, 5.74) is 2.40. The largest absolute Gasteiger partial charge is 0.497 e. The third kappa shape index (κ3) is 4.81. The van der Waals surface area contributed by atoms with E-state index in [0.717, 1.165) is 5.56 Å². The summed E-state index contributed by atoms with van der Waals surface area (Å²) in [5, 5.41) is 4.18. The van der Waals surface area contributed by atoms with Gasteiger partial charge in [0.2, 0.25) is 6.79 Å². The zero-order chi connectivity index (χ0) is 25.1. The highest BCUT2D eigenvalue weighted by Gasteiger charge is 2.22. The molecular formula is C27H23FN2O6. The van der Waals surface area contributed by atoms with Crippen molar-refractivity contribution >= 4 is 5.91 Å². The molecule has 1 aromatic heterocycles. The summed E-state index contributed by atoms with van der Waals surface area (Å²) in [6, 6.07) is 18.1. The van der Waals surface area contributed by atoms with Crippen LogP contribution in [-0.2, 0) is 13.1 Å². The lowest BCUT2D eigenvalue weighted by Crippen LogP contribution is -2.30. The van der Waals surface area contributed by atoms with Gasteiger partial charge >= 0.3 is 0 Å².